The lowest BCUT2D eigenvalue weighted by molar-refractivity contribution is 0.102. The van der Waals surface area contributed by atoms with E-state index in [1.807, 2.05) is 60.7 Å². The molecule has 0 radical (unpaired) electrons. The number of anilines is 1. The Bertz CT molecular complexity index is 1310. The summed E-state index contributed by atoms with van der Waals surface area (Å²) < 4.78 is 5.90. The fourth-order valence-electron chi connectivity index (χ4n) is 3.40. The van der Waals surface area contributed by atoms with Crippen LogP contribution < -0.4 is 10.1 Å². The van der Waals surface area contributed by atoms with Crippen molar-refractivity contribution < 1.29 is 9.53 Å². The second-order valence-electron chi connectivity index (χ2n) is 8.62. The Morgan fingerprint density at radius 2 is 1.84 bits per heavy atom. The fourth-order valence-corrected chi connectivity index (χ4v) is 3.40. The molecule has 4 aromatic rings. The summed E-state index contributed by atoms with van der Waals surface area (Å²) in [5.74, 6) is 0.831. The third kappa shape index (κ3) is 4.47. The number of hydrogen-bond acceptors (Lipinski definition) is 4. The highest BCUT2D eigenvalue weighted by Gasteiger charge is 2.16. The number of nitrogens with one attached hydrogen (secondary N) is 2. The van der Waals surface area contributed by atoms with Gasteiger partial charge in [0.05, 0.1) is 17.1 Å². The van der Waals surface area contributed by atoms with E-state index in [0.29, 0.717) is 22.7 Å². The Balaban J connectivity index is 1.51. The second kappa shape index (κ2) is 8.56. The molecule has 4 rings (SSSR count). The zero-order chi connectivity index (χ0) is 22.7. The van der Waals surface area contributed by atoms with Gasteiger partial charge in [0.25, 0.3) is 5.91 Å². The molecule has 0 saturated heterocycles. The van der Waals surface area contributed by atoms with Gasteiger partial charge in [-0.05, 0) is 47.4 Å². The monoisotopic (exact) mass is 424 g/mol. The number of rotatable bonds is 5. The van der Waals surface area contributed by atoms with E-state index in [9.17, 15) is 10.1 Å². The van der Waals surface area contributed by atoms with Crippen LogP contribution in [-0.2, 0) is 12.0 Å². The topological polar surface area (TPSA) is 90.8 Å². The van der Waals surface area contributed by atoms with E-state index in [1.54, 1.807) is 6.07 Å². The molecule has 0 atom stereocenters. The van der Waals surface area contributed by atoms with Crippen molar-refractivity contribution >= 4 is 22.6 Å². The van der Waals surface area contributed by atoms with Crippen LogP contribution in [0.2, 0.25) is 0 Å². The number of benzene rings is 3. The minimum Gasteiger partial charge on any atom is -0.489 e. The number of aromatic nitrogens is 2. The van der Waals surface area contributed by atoms with E-state index in [0.717, 1.165) is 16.5 Å². The number of H-pyrrole nitrogens is 1. The predicted molar refractivity (Wildman–Crippen MR) is 125 cm³/mol. The summed E-state index contributed by atoms with van der Waals surface area (Å²) >= 11 is 0. The van der Waals surface area contributed by atoms with E-state index in [2.05, 4.69) is 42.4 Å². The van der Waals surface area contributed by atoms with Crippen molar-refractivity contribution in [3.05, 3.63) is 89.0 Å². The Morgan fingerprint density at radius 1 is 1.09 bits per heavy atom. The molecule has 2 N–H and O–H groups in total. The van der Waals surface area contributed by atoms with Crippen molar-refractivity contribution in [3.63, 3.8) is 0 Å². The molecule has 32 heavy (non-hydrogen) atoms. The number of carbonyl (C=O) groups is 1. The van der Waals surface area contributed by atoms with Gasteiger partial charge in [-0.1, -0.05) is 51.1 Å². The minimum atomic E-state index is -0.229. The van der Waals surface area contributed by atoms with Crippen molar-refractivity contribution in [3.8, 4) is 11.8 Å². The number of carbonyl (C=O) groups excluding carboxylic acids is 1. The lowest BCUT2D eigenvalue weighted by atomic mass is 9.87. The number of hydrogen-bond donors (Lipinski definition) is 2. The third-order valence-corrected chi connectivity index (χ3v) is 5.31. The van der Waals surface area contributed by atoms with Crippen molar-refractivity contribution in [2.45, 2.75) is 32.8 Å². The summed E-state index contributed by atoms with van der Waals surface area (Å²) in [6.45, 7) is 6.68. The molecule has 0 saturated carbocycles. The number of fused-ring (bicyclic) bond motifs is 1. The molecule has 0 spiro atoms. The van der Waals surface area contributed by atoms with Crippen molar-refractivity contribution in [2.24, 2.45) is 0 Å². The highest BCUT2D eigenvalue weighted by Crippen LogP contribution is 2.27. The molecule has 1 heterocycles. The van der Waals surface area contributed by atoms with Crippen LogP contribution in [0.1, 0.15) is 47.8 Å². The van der Waals surface area contributed by atoms with Crippen molar-refractivity contribution in [1.29, 1.82) is 5.26 Å². The number of nitrogens with zero attached hydrogens (tertiary/aromatic N) is 2. The Morgan fingerprint density at radius 3 is 2.56 bits per heavy atom. The minimum absolute atomic E-state index is 0.0254. The number of aromatic amines is 1. The first-order valence-electron chi connectivity index (χ1n) is 10.4. The Kier molecular flexibility index (Phi) is 5.65. The van der Waals surface area contributed by atoms with Crippen LogP contribution in [0.15, 0.2) is 66.7 Å². The van der Waals surface area contributed by atoms with Gasteiger partial charge in [0.2, 0.25) is 0 Å². The largest absolute Gasteiger partial charge is 0.489 e. The standard InChI is InChI=1S/C26H24N4O2/c1-26(2,3)20-10-8-17(9-11-20)25(31)28-24-22-14-21(12-13-23(22)29-30-24)32-16-19-7-5-4-6-18(19)15-27/h4-14H,16H2,1-3H3,(H2,28,29,30,31). The summed E-state index contributed by atoms with van der Waals surface area (Å²) in [6, 6.07) is 22.6. The van der Waals surface area contributed by atoms with Gasteiger partial charge in [-0.2, -0.15) is 10.4 Å². The van der Waals surface area contributed by atoms with E-state index >= 15 is 0 Å². The van der Waals surface area contributed by atoms with Gasteiger partial charge >= 0.3 is 0 Å². The summed E-state index contributed by atoms with van der Waals surface area (Å²) in [7, 11) is 0. The molecule has 0 aliphatic rings. The van der Waals surface area contributed by atoms with Crippen molar-refractivity contribution in [1.82, 2.24) is 10.2 Å². The van der Waals surface area contributed by atoms with E-state index in [4.69, 9.17) is 4.74 Å². The first-order chi connectivity index (χ1) is 15.3. The first-order valence-corrected chi connectivity index (χ1v) is 10.4. The summed E-state index contributed by atoms with van der Waals surface area (Å²) in [4.78, 5) is 12.8. The normalized spacial score (nSPS) is 11.2. The lowest BCUT2D eigenvalue weighted by Crippen LogP contribution is -2.14. The fraction of sp³-hybridized carbons (Fsp3) is 0.192. The molecule has 160 valence electrons. The van der Waals surface area contributed by atoms with Crippen LogP contribution in [-0.4, -0.2) is 16.1 Å². The molecule has 0 fully saturated rings. The quantitative estimate of drug-likeness (QED) is 0.439. The van der Waals surface area contributed by atoms with Crippen molar-refractivity contribution in [2.75, 3.05) is 5.32 Å². The van der Waals surface area contributed by atoms with E-state index in [-0.39, 0.29) is 17.9 Å². The third-order valence-electron chi connectivity index (χ3n) is 5.31. The molecular formula is C26H24N4O2. The van der Waals surface area contributed by atoms with E-state index in [1.165, 1.54) is 5.56 Å². The van der Waals surface area contributed by atoms with Gasteiger partial charge in [0, 0.05) is 16.5 Å². The molecule has 0 unspecified atom stereocenters. The Hall–Kier alpha value is -4.11. The molecule has 0 bridgehead atoms. The molecular weight excluding hydrogens is 400 g/mol. The van der Waals surface area contributed by atoms with Gasteiger partial charge in [-0.25, -0.2) is 0 Å². The number of ether oxygens (including phenoxy) is 1. The summed E-state index contributed by atoms with van der Waals surface area (Å²) in [5.41, 5.74) is 3.94. The van der Waals surface area contributed by atoms with E-state index < -0.39 is 0 Å². The van der Waals surface area contributed by atoms with Crippen LogP contribution >= 0.6 is 0 Å². The maximum absolute atomic E-state index is 12.8. The SMILES string of the molecule is CC(C)(C)c1ccc(C(=O)Nc2n[nH]c3ccc(OCc4ccccc4C#N)cc23)cc1. The lowest BCUT2D eigenvalue weighted by Gasteiger charge is -2.19. The molecule has 3 aromatic carbocycles. The van der Waals surface area contributed by atoms with Gasteiger partial charge in [-0.15, -0.1) is 0 Å². The predicted octanol–water partition coefficient (Wildman–Crippen LogP) is 5.56. The number of nitriles is 1. The molecule has 0 aliphatic heterocycles. The summed E-state index contributed by atoms with van der Waals surface area (Å²) in [5, 5.41) is 20.0. The van der Waals surface area contributed by atoms with Gasteiger partial charge in [-0.3, -0.25) is 9.89 Å². The van der Waals surface area contributed by atoms with Crippen LogP contribution in [0.25, 0.3) is 10.9 Å². The van der Waals surface area contributed by atoms with Crippen LogP contribution in [0.5, 0.6) is 5.75 Å². The zero-order valence-corrected chi connectivity index (χ0v) is 18.3. The summed E-state index contributed by atoms with van der Waals surface area (Å²) in [6.07, 6.45) is 0. The highest BCUT2D eigenvalue weighted by molar-refractivity contribution is 6.08. The molecule has 6 heteroatoms. The highest BCUT2D eigenvalue weighted by atomic mass is 16.5. The van der Waals surface area contributed by atoms with Crippen LogP contribution in [0.3, 0.4) is 0 Å². The average molecular weight is 425 g/mol. The maximum atomic E-state index is 12.8. The average Bonchev–Trinajstić information content (AvgIpc) is 3.19. The van der Waals surface area contributed by atoms with Gasteiger partial charge in [0.15, 0.2) is 5.82 Å². The number of amides is 1. The van der Waals surface area contributed by atoms with Gasteiger partial charge < -0.3 is 10.1 Å². The molecule has 1 amide bonds. The zero-order valence-electron chi connectivity index (χ0n) is 18.3. The molecule has 6 nitrogen and oxygen atoms in total. The second-order valence-corrected chi connectivity index (χ2v) is 8.62. The maximum Gasteiger partial charge on any atom is 0.256 e. The smallest absolute Gasteiger partial charge is 0.256 e. The van der Waals surface area contributed by atoms with Gasteiger partial charge in [0.1, 0.15) is 12.4 Å². The first kappa shape index (κ1) is 21.1. The molecule has 1 aromatic heterocycles. The van der Waals surface area contributed by atoms with Crippen LogP contribution in [0.4, 0.5) is 5.82 Å². The molecule has 0 aliphatic carbocycles. The Labute approximate surface area is 186 Å². The van der Waals surface area contributed by atoms with Crippen LogP contribution in [0, 0.1) is 11.3 Å².